The lowest BCUT2D eigenvalue weighted by atomic mass is 10.1. The van der Waals surface area contributed by atoms with Gasteiger partial charge in [-0.25, -0.2) is 0 Å². The van der Waals surface area contributed by atoms with Gasteiger partial charge >= 0.3 is 0 Å². The Morgan fingerprint density at radius 1 is 1.19 bits per heavy atom. The van der Waals surface area contributed by atoms with Crippen LogP contribution in [0.5, 0.6) is 5.75 Å². The molecule has 1 N–H and O–H groups in total. The third kappa shape index (κ3) is 6.63. The Labute approximate surface area is 128 Å². The summed E-state index contributed by atoms with van der Waals surface area (Å²) in [5.74, 6) is 6.49. The van der Waals surface area contributed by atoms with Gasteiger partial charge in [0, 0.05) is 17.7 Å². The maximum absolute atomic E-state index is 8.77. The Hall–Kier alpha value is -1.54. The van der Waals surface area contributed by atoms with E-state index in [-0.39, 0.29) is 6.61 Å². The van der Waals surface area contributed by atoms with E-state index >= 15 is 0 Å². The molecule has 1 aromatic carbocycles. The smallest absolute Gasteiger partial charge is 0.123 e. The molecule has 0 spiro atoms. The van der Waals surface area contributed by atoms with Crippen LogP contribution in [0.3, 0.4) is 0 Å². The van der Waals surface area contributed by atoms with E-state index in [0.717, 1.165) is 42.9 Å². The Balaban J connectivity index is 2.70. The fourth-order valence-corrected chi connectivity index (χ4v) is 2.15. The standard InChI is InChI=1S/C17H26N2O2/c1-18(2)10-6-11-19(3)14-16-13-15(7-5-12-20)8-9-17(16)21-4/h8-9,13,20H,6,10-12,14H2,1-4H3. The van der Waals surface area contributed by atoms with E-state index in [2.05, 4.69) is 42.8 Å². The van der Waals surface area contributed by atoms with Crippen molar-refractivity contribution in [3.63, 3.8) is 0 Å². The summed E-state index contributed by atoms with van der Waals surface area (Å²) in [6, 6.07) is 5.88. The molecule has 0 aliphatic heterocycles. The summed E-state index contributed by atoms with van der Waals surface area (Å²) < 4.78 is 5.42. The van der Waals surface area contributed by atoms with Crippen LogP contribution in [0.4, 0.5) is 0 Å². The Morgan fingerprint density at radius 2 is 1.95 bits per heavy atom. The normalized spacial score (nSPS) is 10.6. The van der Waals surface area contributed by atoms with Crippen molar-refractivity contribution in [2.24, 2.45) is 0 Å². The monoisotopic (exact) mass is 290 g/mol. The minimum Gasteiger partial charge on any atom is -0.496 e. The van der Waals surface area contributed by atoms with Gasteiger partial charge in [-0.05, 0) is 58.9 Å². The first kappa shape index (κ1) is 17.5. The van der Waals surface area contributed by atoms with Gasteiger partial charge < -0.3 is 19.6 Å². The SMILES string of the molecule is COc1ccc(C#CCO)cc1CN(C)CCCN(C)C. The Kier molecular flexibility index (Phi) is 7.84. The van der Waals surface area contributed by atoms with Crippen LogP contribution >= 0.6 is 0 Å². The number of ether oxygens (including phenoxy) is 1. The van der Waals surface area contributed by atoms with Gasteiger partial charge in [-0.3, -0.25) is 0 Å². The molecule has 116 valence electrons. The average Bonchev–Trinajstić information content (AvgIpc) is 2.45. The van der Waals surface area contributed by atoms with Crippen LogP contribution < -0.4 is 4.74 Å². The van der Waals surface area contributed by atoms with Crippen LogP contribution in [0.15, 0.2) is 18.2 Å². The predicted octanol–water partition coefficient (Wildman–Crippen LogP) is 1.42. The van der Waals surface area contributed by atoms with Crippen LogP contribution in [0.25, 0.3) is 0 Å². The molecule has 0 unspecified atom stereocenters. The van der Waals surface area contributed by atoms with Crippen LogP contribution in [-0.2, 0) is 6.54 Å². The highest BCUT2D eigenvalue weighted by Crippen LogP contribution is 2.21. The third-order valence-corrected chi connectivity index (χ3v) is 3.18. The first-order valence-corrected chi connectivity index (χ1v) is 7.16. The van der Waals surface area contributed by atoms with Crippen molar-refractivity contribution in [1.29, 1.82) is 0 Å². The molecule has 0 saturated heterocycles. The first-order valence-electron chi connectivity index (χ1n) is 7.16. The molecule has 0 fully saturated rings. The van der Waals surface area contributed by atoms with Crippen LogP contribution in [-0.4, -0.2) is 62.9 Å². The summed E-state index contributed by atoms with van der Waals surface area (Å²) in [5, 5.41) is 8.77. The zero-order chi connectivity index (χ0) is 15.7. The summed E-state index contributed by atoms with van der Waals surface area (Å²) >= 11 is 0. The molecule has 1 aromatic rings. The average molecular weight is 290 g/mol. The van der Waals surface area contributed by atoms with E-state index in [1.807, 2.05) is 18.2 Å². The molecule has 0 heterocycles. The lowest BCUT2D eigenvalue weighted by molar-refractivity contribution is 0.289. The molecule has 0 saturated carbocycles. The molecule has 0 aromatic heterocycles. The van der Waals surface area contributed by atoms with E-state index in [0.29, 0.717) is 0 Å². The fourth-order valence-electron chi connectivity index (χ4n) is 2.15. The van der Waals surface area contributed by atoms with Crippen molar-refractivity contribution >= 4 is 0 Å². The molecule has 0 amide bonds. The number of methoxy groups -OCH3 is 1. The van der Waals surface area contributed by atoms with E-state index in [1.165, 1.54) is 0 Å². The van der Waals surface area contributed by atoms with Crippen molar-refractivity contribution < 1.29 is 9.84 Å². The number of nitrogens with zero attached hydrogens (tertiary/aromatic N) is 2. The molecular weight excluding hydrogens is 264 g/mol. The highest BCUT2D eigenvalue weighted by Gasteiger charge is 2.07. The Morgan fingerprint density at radius 3 is 2.57 bits per heavy atom. The van der Waals surface area contributed by atoms with E-state index in [4.69, 9.17) is 9.84 Å². The van der Waals surface area contributed by atoms with Crippen molar-refractivity contribution in [1.82, 2.24) is 9.80 Å². The minimum atomic E-state index is -0.119. The van der Waals surface area contributed by atoms with Gasteiger partial charge in [0.05, 0.1) is 7.11 Å². The molecule has 0 aliphatic carbocycles. The zero-order valence-electron chi connectivity index (χ0n) is 13.5. The second-order valence-corrected chi connectivity index (χ2v) is 5.38. The number of aliphatic hydroxyl groups excluding tert-OH is 1. The van der Waals surface area contributed by atoms with Crippen molar-refractivity contribution in [2.45, 2.75) is 13.0 Å². The molecular formula is C17H26N2O2. The predicted molar refractivity (Wildman–Crippen MR) is 86.5 cm³/mol. The first-order chi connectivity index (χ1) is 10.1. The van der Waals surface area contributed by atoms with E-state index < -0.39 is 0 Å². The second kappa shape index (κ2) is 9.41. The highest BCUT2D eigenvalue weighted by molar-refractivity contribution is 5.44. The number of benzene rings is 1. The maximum Gasteiger partial charge on any atom is 0.123 e. The van der Waals surface area contributed by atoms with Crippen molar-refractivity contribution in [2.75, 3.05) is 47.9 Å². The quantitative estimate of drug-likeness (QED) is 0.771. The number of hydrogen-bond donors (Lipinski definition) is 1. The topological polar surface area (TPSA) is 35.9 Å². The molecule has 1 rings (SSSR count). The Bertz CT molecular complexity index is 489. The van der Waals surface area contributed by atoms with Gasteiger partial charge in [-0.2, -0.15) is 0 Å². The zero-order valence-corrected chi connectivity index (χ0v) is 13.5. The van der Waals surface area contributed by atoms with Crippen LogP contribution in [0.2, 0.25) is 0 Å². The number of rotatable bonds is 7. The van der Waals surface area contributed by atoms with Gasteiger partial charge in [-0.15, -0.1) is 0 Å². The van der Waals surface area contributed by atoms with Gasteiger partial charge in [0.1, 0.15) is 12.4 Å². The minimum absolute atomic E-state index is 0.119. The van der Waals surface area contributed by atoms with Crippen molar-refractivity contribution in [3.8, 4) is 17.6 Å². The van der Waals surface area contributed by atoms with Crippen LogP contribution in [0.1, 0.15) is 17.5 Å². The van der Waals surface area contributed by atoms with Gasteiger partial charge in [0.25, 0.3) is 0 Å². The summed E-state index contributed by atoms with van der Waals surface area (Å²) in [5.41, 5.74) is 2.02. The number of hydrogen-bond acceptors (Lipinski definition) is 4. The number of aliphatic hydroxyl groups is 1. The third-order valence-electron chi connectivity index (χ3n) is 3.18. The molecule has 0 radical (unpaired) electrons. The lowest BCUT2D eigenvalue weighted by Crippen LogP contribution is -2.23. The van der Waals surface area contributed by atoms with E-state index in [9.17, 15) is 0 Å². The summed E-state index contributed by atoms with van der Waals surface area (Å²) in [4.78, 5) is 4.48. The maximum atomic E-state index is 8.77. The summed E-state index contributed by atoms with van der Waals surface area (Å²) in [7, 11) is 7.98. The van der Waals surface area contributed by atoms with Gasteiger partial charge in [0.15, 0.2) is 0 Å². The summed E-state index contributed by atoms with van der Waals surface area (Å²) in [6.45, 7) is 2.83. The van der Waals surface area contributed by atoms with Crippen molar-refractivity contribution in [3.05, 3.63) is 29.3 Å². The lowest BCUT2D eigenvalue weighted by Gasteiger charge is -2.19. The fraction of sp³-hybridized carbons (Fsp3) is 0.529. The molecule has 0 bridgehead atoms. The van der Waals surface area contributed by atoms with E-state index in [1.54, 1.807) is 7.11 Å². The molecule has 4 heteroatoms. The van der Waals surface area contributed by atoms with Gasteiger partial charge in [-0.1, -0.05) is 11.8 Å². The van der Waals surface area contributed by atoms with Crippen LogP contribution in [0, 0.1) is 11.8 Å². The largest absolute Gasteiger partial charge is 0.496 e. The summed E-state index contributed by atoms with van der Waals surface area (Å²) in [6.07, 6.45) is 1.13. The molecule has 0 atom stereocenters. The molecule has 21 heavy (non-hydrogen) atoms. The second-order valence-electron chi connectivity index (χ2n) is 5.38. The highest BCUT2D eigenvalue weighted by atomic mass is 16.5. The van der Waals surface area contributed by atoms with Gasteiger partial charge in [0.2, 0.25) is 0 Å². The molecule has 0 aliphatic rings. The molecule has 4 nitrogen and oxygen atoms in total.